The van der Waals surface area contributed by atoms with Gasteiger partial charge in [0.15, 0.2) is 0 Å². The molecule has 5 nitrogen and oxygen atoms in total. The van der Waals surface area contributed by atoms with E-state index in [-0.39, 0.29) is 23.0 Å². The Balaban J connectivity index is 2.15. The zero-order chi connectivity index (χ0) is 21.8. The molecule has 1 amide bonds. The fourth-order valence-corrected chi connectivity index (χ4v) is 3.66. The van der Waals surface area contributed by atoms with Gasteiger partial charge < -0.3 is 10.1 Å². The quantitative estimate of drug-likeness (QED) is 0.525. The van der Waals surface area contributed by atoms with Crippen LogP contribution in [-0.2, 0) is 14.9 Å². The van der Waals surface area contributed by atoms with E-state index in [4.69, 9.17) is 4.74 Å². The van der Waals surface area contributed by atoms with Crippen molar-refractivity contribution in [2.75, 3.05) is 5.32 Å². The average Bonchev–Trinajstić information content (AvgIpc) is 2.94. The number of anilines is 1. The standard InChI is InChI=1S/C23H26N2O3S/c1-14(2)28-22(27)20-15(3)18(13-24)21(29-20)25-19(26)12-9-16-7-10-17(11-8-16)23(4,5)6/h7-12,14H,1-6H3,(H,25,26). The summed E-state index contributed by atoms with van der Waals surface area (Å²) in [5.41, 5.74) is 2.98. The number of hydrogen-bond donors (Lipinski definition) is 1. The van der Waals surface area contributed by atoms with Crippen LogP contribution in [0.5, 0.6) is 0 Å². The molecule has 0 fully saturated rings. The predicted molar refractivity (Wildman–Crippen MR) is 117 cm³/mol. The van der Waals surface area contributed by atoms with E-state index in [9.17, 15) is 14.9 Å². The molecule has 0 saturated carbocycles. The molecule has 29 heavy (non-hydrogen) atoms. The van der Waals surface area contributed by atoms with Crippen molar-refractivity contribution in [3.8, 4) is 6.07 Å². The topological polar surface area (TPSA) is 79.2 Å². The molecule has 1 heterocycles. The molecule has 0 aliphatic carbocycles. The van der Waals surface area contributed by atoms with E-state index in [0.717, 1.165) is 16.9 Å². The molecule has 1 aromatic carbocycles. The smallest absolute Gasteiger partial charge is 0.348 e. The minimum Gasteiger partial charge on any atom is -0.459 e. The van der Waals surface area contributed by atoms with Crippen molar-refractivity contribution in [1.82, 2.24) is 0 Å². The number of ether oxygens (including phenoxy) is 1. The molecule has 2 rings (SSSR count). The van der Waals surface area contributed by atoms with Gasteiger partial charge >= 0.3 is 5.97 Å². The molecule has 0 bridgehead atoms. The highest BCUT2D eigenvalue weighted by Crippen LogP contribution is 2.33. The van der Waals surface area contributed by atoms with Crippen molar-refractivity contribution >= 4 is 34.3 Å². The van der Waals surface area contributed by atoms with Crippen LogP contribution >= 0.6 is 11.3 Å². The number of benzene rings is 1. The summed E-state index contributed by atoms with van der Waals surface area (Å²) in [7, 11) is 0. The van der Waals surface area contributed by atoms with Crippen LogP contribution < -0.4 is 5.32 Å². The number of nitrogens with one attached hydrogen (secondary N) is 1. The van der Waals surface area contributed by atoms with Crippen molar-refractivity contribution in [3.05, 3.63) is 57.5 Å². The Morgan fingerprint density at radius 3 is 2.34 bits per heavy atom. The van der Waals surface area contributed by atoms with E-state index in [1.807, 2.05) is 24.3 Å². The molecule has 0 atom stereocenters. The molecule has 0 radical (unpaired) electrons. The minimum absolute atomic E-state index is 0.0682. The van der Waals surface area contributed by atoms with Gasteiger partial charge in [-0.05, 0) is 49.0 Å². The second-order valence-corrected chi connectivity index (χ2v) is 9.04. The lowest BCUT2D eigenvalue weighted by molar-refractivity contribution is -0.111. The molecule has 0 spiro atoms. The van der Waals surface area contributed by atoms with E-state index < -0.39 is 5.97 Å². The maximum Gasteiger partial charge on any atom is 0.348 e. The van der Waals surface area contributed by atoms with Gasteiger partial charge in [-0.25, -0.2) is 4.79 Å². The third-order valence-corrected chi connectivity index (χ3v) is 5.41. The number of nitrogens with zero attached hydrogens (tertiary/aromatic N) is 1. The third kappa shape index (κ3) is 5.78. The third-order valence-electron chi connectivity index (χ3n) is 4.23. The molecule has 0 aliphatic heterocycles. The highest BCUT2D eigenvalue weighted by molar-refractivity contribution is 7.18. The van der Waals surface area contributed by atoms with Gasteiger partial charge in [0.05, 0.1) is 11.7 Å². The summed E-state index contributed by atoms with van der Waals surface area (Å²) in [6, 6.07) is 10.1. The Hall–Kier alpha value is -2.91. The van der Waals surface area contributed by atoms with Gasteiger partial charge in [0.1, 0.15) is 15.9 Å². The fourth-order valence-electron chi connectivity index (χ4n) is 2.62. The van der Waals surface area contributed by atoms with E-state index in [1.165, 1.54) is 11.6 Å². The van der Waals surface area contributed by atoms with E-state index >= 15 is 0 Å². The van der Waals surface area contributed by atoms with Crippen LogP contribution in [0.4, 0.5) is 5.00 Å². The van der Waals surface area contributed by atoms with Gasteiger partial charge in [-0.2, -0.15) is 5.26 Å². The summed E-state index contributed by atoms with van der Waals surface area (Å²) in [4.78, 5) is 24.9. The SMILES string of the molecule is Cc1c(C(=O)OC(C)C)sc(NC(=O)C=Cc2ccc(C(C)(C)C)cc2)c1C#N. The molecular weight excluding hydrogens is 384 g/mol. The summed E-state index contributed by atoms with van der Waals surface area (Å²) in [5, 5.41) is 12.5. The number of thiophene rings is 1. The van der Waals surface area contributed by atoms with Crippen molar-refractivity contribution in [1.29, 1.82) is 5.26 Å². The summed E-state index contributed by atoms with van der Waals surface area (Å²) in [6.45, 7) is 11.6. The van der Waals surface area contributed by atoms with Crippen molar-refractivity contribution in [2.24, 2.45) is 0 Å². The maximum absolute atomic E-state index is 12.3. The lowest BCUT2D eigenvalue weighted by Gasteiger charge is -2.18. The fraction of sp³-hybridized carbons (Fsp3) is 0.348. The number of esters is 1. The molecule has 0 saturated heterocycles. The van der Waals surface area contributed by atoms with Gasteiger partial charge in [0.25, 0.3) is 0 Å². The number of carbonyl (C=O) groups is 2. The van der Waals surface area contributed by atoms with Crippen LogP contribution in [0.15, 0.2) is 30.3 Å². The first-order chi connectivity index (χ1) is 13.5. The zero-order valence-electron chi connectivity index (χ0n) is 17.6. The Morgan fingerprint density at radius 1 is 1.21 bits per heavy atom. The first kappa shape index (κ1) is 22.4. The Kier molecular flexibility index (Phi) is 6.99. The van der Waals surface area contributed by atoms with Crippen molar-refractivity contribution < 1.29 is 14.3 Å². The van der Waals surface area contributed by atoms with Gasteiger partial charge in [0, 0.05) is 6.08 Å². The van der Waals surface area contributed by atoms with Crippen LogP contribution in [0.2, 0.25) is 0 Å². The predicted octanol–water partition coefficient (Wildman–Crippen LogP) is 5.44. The number of rotatable bonds is 5. The highest BCUT2D eigenvalue weighted by atomic mass is 32.1. The minimum atomic E-state index is -0.492. The van der Waals surface area contributed by atoms with Crippen LogP contribution in [0.25, 0.3) is 6.08 Å². The summed E-state index contributed by atoms with van der Waals surface area (Å²) in [6.07, 6.45) is 2.86. The van der Waals surface area contributed by atoms with Gasteiger partial charge in [-0.15, -0.1) is 11.3 Å². The van der Waals surface area contributed by atoms with Gasteiger partial charge in [-0.1, -0.05) is 45.0 Å². The van der Waals surface area contributed by atoms with Crippen LogP contribution in [0, 0.1) is 18.3 Å². The molecule has 152 valence electrons. The highest BCUT2D eigenvalue weighted by Gasteiger charge is 2.22. The van der Waals surface area contributed by atoms with Crippen molar-refractivity contribution in [3.63, 3.8) is 0 Å². The van der Waals surface area contributed by atoms with E-state index in [2.05, 4.69) is 32.2 Å². The summed E-state index contributed by atoms with van der Waals surface area (Å²) in [5.74, 6) is -0.861. The Bertz CT molecular complexity index is 971. The van der Waals surface area contributed by atoms with E-state index in [1.54, 1.807) is 26.8 Å². The monoisotopic (exact) mass is 410 g/mol. The lowest BCUT2D eigenvalue weighted by Crippen LogP contribution is -2.11. The normalized spacial score (nSPS) is 11.5. The first-order valence-corrected chi connectivity index (χ1v) is 10.2. The largest absolute Gasteiger partial charge is 0.459 e. The van der Waals surface area contributed by atoms with Gasteiger partial charge in [-0.3, -0.25) is 4.79 Å². The number of carbonyl (C=O) groups excluding carboxylic acids is 2. The Labute approximate surface area is 176 Å². The molecule has 2 aromatic rings. The number of nitriles is 1. The second kappa shape index (κ2) is 9.06. The molecule has 1 N–H and O–H groups in total. The summed E-state index contributed by atoms with van der Waals surface area (Å²) < 4.78 is 5.21. The first-order valence-electron chi connectivity index (χ1n) is 9.37. The summed E-state index contributed by atoms with van der Waals surface area (Å²) >= 11 is 1.05. The van der Waals surface area contributed by atoms with Crippen LogP contribution in [0.1, 0.15) is 66.5 Å². The van der Waals surface area contributed by atoms with Crippen molar-refractivity contribution in [2.45, 2.75) is 53.1 Å². The lowest BCUT2D eigenvalue weighted by atomic mass is 9.87. The van der Waals surface area contributed by atoms with Crippen LogP contribution in [0.3, 0.4) is 0 Å². The van der Waals surface area contributed by atoms with Crippen LogP contribution in [-0.4, -0.2) is 18.0 Å². The number of hydrogen-bond acceptors (Lipinski definition) is 5. The Morgan fingerprint density at radius 2 is 1.83 bits per heavy atom. The van der Waals surface area contributed by atoms with E-state index in [0.29, 0.717) is 15.4 Å². The molecule has 6 heteroatoms. The van der Waals surface area contributed by atoms with Gasteiger partial charge in [0.2, 0.25) is 5.91 Å². The maximum atomic E-state index is 12.3. The zero-order valence-corrected chi connectivity index (χ0v) is 18.4. The second-order valence-electron chi connectivity index (χ2n) is 8.02. The molecule has 0 aliphatic rings. The average molecular weight is 411 g/mol. The number of amides is 1. The molecule has 0 unspecified atom stereocenters. The molecular formula is C23H26N2O3S. The molecule has 1 aromatic heterocycles.